The van der Waals surface area contributed by atoms with Gasteiger partial charge in [-0.15, -0.1) is 10.2 Å². The summed E-state index contributed by atoms with van der Waals surface area (Å²) in [6, 6.07) is 10.2. The SMILES string of the molecule is CC(C)(C)c1nnc(NC(=O)CCCc2ccccc2)s1. The summed E-state index contributed by atoms with van der Waals surface area (Å²) in [6.07, 6.45) is 2.25. The lowest BCUT2D eigenvalue weighted by Crippen LogP contribution is -2.11. The number of hydrogen-bond acceptors (Lipinski definition) is 4. The molecule has 0 aliphatic heterocycles. The van der Waals surface area contributed by atoms with Gasteiger partial charge >= 0.3 is 0 Å². The van der Waals surface area contributed by atoms with E-state index in [0.29, 0.717) is 11.6 Å². The van der Waals surface area contributed by atoms with E-state index in [4.69, 9.17) is 0 Å². The van der Waals surface area contributed by atoms with Gasteiger partial charge in [0.15, 0.2) is 0 Å². The van der Waals surface area contributed by atoms with Gasteiger partial charge in [0.05, 0.1) is 0 Å². The Labute approximate surface area is 129 Å². The molecule has 4 nitrogen and oxygen atoms in total. The van der Waals surface area contributed by atoms with E-state index in [-0.39, 0.29) is 11.3 Å². The van der Waals surface area contributed by atoms with Crippen molar-refractivity contribution in [1.82, 2.24) is 10.2 Å². The third kappa shape index (κ3) is 4.93. The van der Waals surface area contributed by atoms with Crippen molar-refractivity contribution in [2.24, 2.45) is 0 Å². The van der Waals surface area contributed by atoms with Crippen LogP contribution in [0.3, 0.4) is 0 Å². The molecule has 2 rings (SSSR count). The van der Waals surface area contributed by atoms with Gasteiger partial charge in [-0.25, -0.2) is 0 Å². The van der Waals surface area contributed by atoms with Gasteiger partial charge in [0.25, 0.3) is 0 Å². The first-order valence-electron chi connectivity index (χ1n) is 7.13. The average Bonchev–Trinajstić information content (AvgIpc) is 2.88. The van der Waals surface area contributed by atoms with Crippen LogP contribution in [0, 0.1) is 0 Å². The van der Waals surface area contributed by atoms with Crippen LogP contribution in [0.2, 0.25) is 0 Å². The van der Waals surface area contributed by atoms with Gasteiger partial charge in [-0.2, -0.15) is 0 Å². The molecule has 0 aliphatic carbocycles. The summed E-state index contributed by atoms with van der Waals surface area (Å²) in [6.45, 7) is 6.25. The maximum atomic E-state index is 11.9. The zero-order valence-electron chi connectivity index (χ0n) is 12.7. The normalized spacial score (nSPS) is 11.4. The molecular weight excluding hydrogens is 282 g/mol. The quantitative estimate of drug-likeness (QED) is 0.914. The fourth-order valence-corrected chi connectivity index (χ4v) is 2.67. The first-order chi connectivity index (χ1) is 9.95. The maximum Gasteiger partial charge on any atom is 0.226 e. The second kappa shape index (κ2) is 6.80. The molecule has 1 amide bonds. The highest BCUT2D eigenvalue weighted by molar-refractivity contribution is 7.15. The highest BCUT2D eigenvalue weighted by Crippen LogP contribution is 2.27. The summed E-state index contributed by atoms with van der Waals surface area (Å²) in [7, 11) is 0. The van der Waals surface area contributed by atoms with E-state index in [0.717, 1.165) is 17.8 Å². The van der Waals surface area contributed by atoms with E-state index < -0.39 is 0 Å². The summed E-state index contributed by atoms with van der Waals surface area (Å²) in [4.78, 5) is 11.9. The Morgan fingerprint density at radius 3 is 2.52 bits per heavy atom. The Morgan fingerprint density at radius 2 is 1.90 bits per heavy atom. The lowest BCUT2D eigenvalue weighted by atomic mass is 9.98. The van der Waals surface area contributed by atoms with Crippen LogP contribution in [0.25, 0.3) is 0 Å². The van der Waals surface area contributed by atoms with Crippen LogP contribution in [-0.2, 0) is 16.6 Å². The van der Waals surface area contributed by atoms with E-state index in [9.17, 15) is 4.79 Å². The Hall–Kier alpha value is -1.75. The third-order valence-corrected chi connectivity index (χ3v) is 4.29. The minimum atomic E-state index is -0.0338. The Morgan fingerprint density at radius 1 is 1.19 bits per heavy atom. The van der Waals surface area contributed by atoms with Gasteiger partial charge in [-0.3, -0.25) is 4.79 Å². The monoisotopic (exact) mass is 303 g/mol. The van der Waals surface area contributed by atoms with E-state index in [2.05, 4.69) is 48.4 Å². The van der Waals surface area contributed by atoms with Crippen LogP contribution in [-0.4, -0.2) is 16.1 Å². The number of hydrogen-bond donors (Lipinski definition) is 1. The molecule has 1 aromatic heterocycles. The van der Waals surface area contributed by atoms with Gasteiger partial charge in [0.2, 0.25) is 11.0 Å². The minimum Gasteiger partial charge on any atom is -0.301 e. The van der Waals surface area contributed by atoms with Crippen molar-refractivity contribution in [3.05, 3.63) is 40.9 Å². The Bertz CT molecular complexity index is 587. The van der Waals surface area contributed by atoms with Gasteiger partial charge in [-0.1, -0.05) is 62.4 Å². The van der Waals surface area contributed by atoms with Crippen molar-refractivity contribution in [3.8, 4) is 0 Å². The van der Waals surface area contributed by atoms with Crippen molar-refractivity contribution in [2.45, 2.75) is 45.4 Å². The number of nitrogens with zero attached hydrogens (tertiary/aromatic N) is 2. The van der Waals surface area contributed by atoms with Crippen molar-refractivity contribution in [1.29, 1.82) is 0 Å². The number of carbonyl (C=O) groups excluding carboxylic acids is 1. The fourth-order valence-electron chi connectivity index (χ4n) is 1.86. The first kappa shape index (κ1) is 15.6. The molecular formula is C16H21N3OS. The third-order valence-electron chi connectivity index (χ3n) is 3.03. The second-order valence-corrected chi connectivity index (χ2v) is 7.03. The van der Waals surface area contributed by atoms with Crippen molar-refractivity contribution >= 4 is 22.4 Å². The molecule has 112 valence electrons. The zero-order chi connectivity index (χ0) is 15.3. The van der Waals surface area contributed by atoms with Gasteiger partial charge in [0, 0.05) is 11.8 Å². The van der Waals surface area contributed by atoms with Gasteiger partial charge < -0.3 is 5.32 Å². The lowest BCUT2D eigenvalue weighted by Gasteiger charge is -2.12. The second-order valence-electron chi connectivity index (χ2n) is 6.05. The molecule has 1 aromatic carbocycles. The summed E-state index contributed by atoms with van der Waals surface area (Å²) >= 11 is 1.44. The molecule has 0 fully saturated rings. The van der Waals surface area contributed by atoms with Crippen LogP contribution in [0.5, 0.6) is 0 Å². The Kier molecular flexibility index (Phi) is 5.07. The van der Waals surface area contributed by atoms with Crippen LogP contribution < -0.4 is 5.32 Å². The molecule has 0 atom stereocenters. The number of carbonyl (C=O) groups is 1. The molecule has 0 saturated carbocycles. The van der Waals surface area contributed by atoms with E-state index in [1.165, 1.54) is 16.9 Å². The van der Waals surface area contributed by atoms with Crippen LogP contribution >= 0.6 is 11.3 Å². The number of nitrogens with one attached hydrogen (secondary N) is 1. The smallest absolute Gasteiger partial charge is 0.226 e. The van der Waals surface area contributed by atoms with Crippen molar-refractivity contribution in [2.75, 3.05) is 5.32 Å². The topological polar surface area (TPSA) is 54.9 Å². The molecule has 0 saturated heterocycles. The molecule has 1 N–H and O–H groups in total. The minimum absolute atomic E-state index is 0.00235. The van der Waals surface area contributed by atoms with Crippen LogP contribution in [0.1, 0.15) is 44.2 Å². The lowest BCUT2D eigenvalue weighted by molar-refractivity contribution is -0.116. The molecule has 5 heteroatoms. The molecule has 1 heterocycles. The fraction of sp³-hybridized carbons (Fsp3) is 0.438. The molecule has 0 radical (unpaired) electrons. The molecule has 0 bridgehead atoms. The molecule has 0 spiro atoms. The van der Waals surface area contributed by atoms with E-state index in [1.54, 1.807) is 0 Å². The standard InChI is InChI=1S/C16H21N3OS/c1-16(2,3)14-18-19-15(21-14)17-13(20)11-7-10-12-8-5-4-6-9-12/h4-6,8-9H,7,10-11H2,1-3H3,(H,17,19,20). The maximum absolute atomic E-state index is 11.9. The number of amides is 1. The molecule has 0 unspecified atom stereocenters. The largest absolute Gasteiger partial charge is 0.301 e. The average molecular weight is 303 g/mol. The molecule has 2 aromatic rings. The van der Waals surface area contributed by atoms with Gasteiger partial charge in [-0.05, 0) is 18.4 Å². The first-order valence-corrected chi connectivity index (χ1v) is 7.94. The summed E-state index contributed by atoms with van der Waals surface area (Å²) in [5, 5.41) is 12.5. The number of aryl methyl sites for hydroxylation is 1. The highest BCUT2D eigenvalue weighted by atomic mass is 32.1. The van der Waals surface area contributed by atoms with Crippen LogP contribution in [0.15, 0.2) is 30.3 Å². The Balaban J connectivity index is 1.78. The number of aromatic nitrogens is 2. The summed E-state index contributed by atoms with van der Waals surface area (Å²) < 4.78 is 0. The summed E-state index contributed by atoms with van der Waals surface area (Å²) in [5.74, 6) is 0.00235. The number of rotatable bonds is 5. The number of benzene rings is 1. The van der Waals surface area contributed by atoms with Crippen LogP contribution in [0.4, 0.5) is 5.13 Å². The summed E-state index contributed by atoms with van der Waals surface area (Å²) in [5.41, 5.74) is 1.23. The van der Waals surface area contributed by atoms with Crippen molar-refractivity contribution in [3.63, 3.8) is 0 Å². The van der Waals surface area contributed by atoms with E-state index >= 15 is 0 Å². The van der Waals surface area contributed by atoms with E-state index in [1.807, 2.05) is 18.2 Å². The molecule has 0 aliphatic rings. The zero-order valence-corrected chi connectivity index (χ0v) is 13.5. The highest BCUT2D eigenvalue weighted by Gasteiger charge is 2.19. The predicted molar refractivity (Wildman–Crippen MR) is 86.6 cm³/mol. The van der Waals surface area contributed by atoms with Crippen molar-refractivity contribution < 1.29 is 4.79 Å². The number of anilines is 1. The van der Waals surface area contributed by atoms with Gasteiger partial charge in [0.1, 0.15) is 5.01 Å². The molecule has 21 heavy (non-hydrogen) atoms. The predicted octanol–water partition coefficient (Wildman–Crippen LogP) is 3.80.